The fourth-order valence-corrected chi connectivity index (χ4v) is 4.06. The third-order valence-electron chi connectivity index (χ3n) is 4.41. The fourth-order valence-electron chi connectivity index (χ4n) is 2.97. The number of benzene rings is 2. The predicted octanol–water partition coefficient (Wildman–Crippen LogP) is 2.64. The minimum absolute atomic E-state index is 0.0443. The van der Waals surface area contributed by atoms with Crippen molar-refractivity contribution in [1.29, 1.82) is 0 Å². The zero-order chi connectivity index (χ0) is 21.3. The molecule has 0 saturated carbocycles. The molecular formula is C19H20N2O7S. The number of aryl methyl sites for hydroxylation is 1. The number of nitrogens with one attached hydrogen (secondary N) is 1. The number of rotatable bonds is 7. The minimum atomic E-state index is -4.09. The lowest BCUT2D eigenvalue weighted by atomic mass is 10.1. The van der Waals surface area contributed by atoms with Crippen LogP contribution in [0.4, 0.5) is 5.69 Å². The third-order valence-corrected chi connectivity index (χ3v) is 5.78. The van der Waals surface area contributed by atoms with Gasteiger partial charge in [0.2, 0.25) is 0 Å². The first-order chi connectivity index (χ1) is 13.7. The van der Waals surface area contributed by atoms with Crippen LogP contribution in [0, 0.1) is 0 Å². The molecule has 0 radical (unpaired) electrons. The zero-order valence-corrected chi connectivity index (χ0v) is 17.1. The Balaban J connectivity index is 2.08. The Labute approximate surface area is 166 Å². The van der Waals surface area contributed by atoms with Crippen molar-refractivity contribution < 1.29 is 27.1 Å². The molecule has 154 valence electrons. The summed E-state index contributed by atoms with van der Waals surface area (Å²) in [6, 6.07) is 6.90. The van der Waals surface area contributed by atoms with Crippen LogP contribution >= 0.6 is 0 Å². The lowest BCUT2D eigenvalue weighted by molar-refractivity contribution is 0.101. The molecular weight excluding hydrogens is 400 g/mol. The van der Waals surface area contributed by atoms with Gasteiger partial charge >= 0.3 is 5.76 Å². The Morgan fingerprint density at radius 2 is 1.79 bits per heavy atom. The standard InChI is InChI=1S/C19H20N2O7S/c1-5-21-15-7-6-12(8-16(15)28-19(21)23)29(24,25)20-14-10-18(27-4)17(26-3)9-13(14)11(2)22/h6-10,20H,5H2,1-4H3. The molecule has 1 heterocycles. The maximum Gasteiger partial charge on any atom is 0.419 e. The largest absolute Gasteiger partial charge is 0.493 e. The van der Waals surface area contributed by atoms with Gasteiger partial charge in [0, 0.05) is 24.2 Å². The van der Waals surface area contributed by atoms with Crippen molar-refractivity contribution in [2.45, 2.75) is 25.3 Å². The second-order valence-corrected chi connectivity index (χ2v) is 7.84. The van der Waals surface area contributed by atoms with E-state index < -0.39 is 15.8 Å². The Morgan fingerprint density at radius 1 is 1.14 bits per heavy atom. The van der Waals surface area contributed by atoms with E-state index in [1.54, 1.807) is 6.92 Å². The Kier molecular flexibility index (Phi) is 5.38. The maximum atomic E-state index is 12.9. The number of oxazole rings is 1. The predicted molar refractivity (Wildman–Crippen MR) is 107 cm³/mol. The summed E-state index contributed by atoms with van der Waals surface area (Å²) in [5.74, 6) is -0.365. The number of aromatic nitrogens is 1. The van der Waals surface area contributed by atoms with Crippen LogP contribution in [0.3, 0.4) is 0 Å². The molecule has 0 aliphatic rings. The molecule has 10 heteroatoms. The topological polar surface area (TPSA) is 117 Å². The van der Waals surface area contributed by atoms with E-state index in [-0.39, 0.29) is 33.3 Å². The van der Waals surface area contributed by atoms with Gasteiger partial charge in [-0.15, -0.1) is 0 Å². The quantitative estimate of drug-likeness (QED) is 0.584. The molecule has 0 aliphatic heterocycles. The van der Waals surface area contributed by atoms with Crippen LogP contribution in [0.1, 0.15) is 24.2 Å². The van der Waals surface area contributed by atoms with E-state index in [2.05, 4.69) is 4.72 Å². The summed E-state index contributed by atoms with van der Waals surface area (Å²) in [6.45, 7) is 3.49. The van der Waals surface area contributed by atoms with Gasteiger partial charge in [0.05, 0.1) is 30.3 Å². The number of methoxy groups -OCH3 is 2. The molecule has 3 rings (SSSR count). The number of sulfonamides is 1. The van der Waals surface area contributed by atoms with Gasteiger partial charge in [-0.3, -0.25) is 14.1 Å². The number of fused-ring (bicyclic) bond motifs is 1. The molecule has 2 aromatic carbocycles. The average Bonchev–Trinajstić information content (AvgIpc) is 3.01. The van der Waals surface area contributed by atoms with E-state index >= 15 is 0 Å². The zero-order valence-electron chi connectivity index (χ0n) is 16.3. The fraction of sp³-hybridized carbons (Fsp3) is 0.263. The summed E-state index contributed by atoms with van der Waals surface area (Å²) in [4.78, 5) is 23.7. The number of carbonyl (C=O) groups excluding carboxylic acids is 1. The molecule has 29 heavy (non-hydrogen) atoms. The summed E-state index contributed by atoms with van der Waals surface area (Å²) in [5, 5.41) is 0. The average molecular weight is 420 g/mol. The van der Waals surface area contributed by atoms with E-state index in [9.17, 15) is 18.0 Å². The Morgan fingerprint density at radius 3 is 2.38 bits per heavy atom. The van der Waals surface area contributed by atoms with Crippen molar-refractivity contribution in [3.8, 4) is 11.5 Å². The van der Waals surface area contributed by atoms with Crippen LogP contribution in [-0.2, 0) is 16.6 Å². The van der Waals surface area contributed by atoms with Gasteiger partial charge in [0.1, 0.15) is 0 Å². The number of ether oxygens (including phenoxy) is 2. The van der Waals surface area contributed by atoms with Gasteiger partial charge in [-0.25, -0.2) is 13.2 Å². The summed E-state index contributed by atoms with van der Waals surface area (Å²) < 4.78 is 45.1. The van der Waals surface area contributed by atoms with Crippen LogP contribution < -0.4 is 20.0 Å². The Hall–Kier alpha value is -3.27. The van der Waals surface area contributed by atoms with E-state index in [1.807, 2.05) is 0 Å². The molecule has 0 saturated heterocycles. The monoisotopic (exact) mass is 420 g/mol. The molecule has 0 fully saturated rings. The summed E-state index contributed by atoms with van der Waals surface area (Å²) in [6.07, 6.45) is 0. The van der Waals surface area contributed by atoms with Gasteiger partial charge in [0.15, 0.2) is 22.9 Å². The highest BCUT2D eigenvalue weighted by Crippen LogP contribution is 2.34. The van der Waals surface area contributed by atoms with E-state index in [1.165, 1.54) is 56.0 Å². The number of carbonyl (C=O) groups is 1. The lowest BCUT2D eigenvalue weighted by Crippen LogP contribution is -2.15. The van der Waals surface area contributed by atoms with Crippen LogP contribution in [0.5, 0.6) is 11.5 Å². The van der Waals surface area contributed by atoms with Crippen LogP contribution in [-0.4, -0.2) is 33.0 Å². The highest BCUT2D eigenvalue weighted by atomic mass is 32.2. The van der Waals surface area contributed by atoms with Crippen LogP contribution in [0.2, 0.25) is 0 Å². The van der Waals surface area contributed by atoms with Gasteiger partial charge < -0.3 is 13.9 Å². The van der Waals surface area contributed by atoms with Gasteiger partial charge in [-0.1, -0.05) is 0 Å². The number of anilines is 1. The van der Waals surface area contributed by atoms with E-state index in [0.29, 0.717) is 17.8 Å². The molecule has 9 nitrogen and oxygen atoms in total. The maximum absolute atomic E-state index is 12.9. The lowest BCUT2D eigenvalue weighted by Gasteiger charge is -2.15. The van der Waals surface area contributed by atoms with Crippen LogP contribution in [0.25, 0.3) is 11.1 Å². The Bertz CT molecular complexity index is 1260. The number of Topliss-reactive ketones (excluding diaryl/α,β-unsaturated/α-hetero) is 1. The van der Waals surface area contributed by atoms with Crippen molar-refractivity contribution in [1.82, 2.24) is 4.57 Å². The molecule has 0 unspecified atom stereocenters. The van der Waals surface area contributed by atoms with Crippen molar-refractivity contribution in [2.24, 2.45) is 0 Å². The van der Waals surface area contributed by atoms with Gasteiger partial charge in [-0.2, -0.15) is 0 Å². The number of hydrogen-bond donors (Lipinski definition) is 1. The number of nitrogens with zero attached hydrogens (tertiary/aromatic N) is 1. The second-order valence-electron chi connectivity index (χ2n) is 6.16. The summed E-state index contributed by atoms with van der Waals surface area (Å²) >= 11 is 0. The third kappa shape index (κ3) is 3.70. The van der Waals surface area contributed by atoms with Gasteiger partial charge in [-0.05, 0) is 32.0 Å². The van der Waals surface area contributed by atoms with Crippen molar-refractivity contribution in [2.75, 3.05) is 18.9 Å². The minimum Gasteiger partial charge on any atom is -0.493 e. The van der Waals surface area contributed by atoms with Crippen LogP contribution in [0.15, 0.2) is 44.4 Å². The number of hydrogen-bond acceptors (Lipinski definition) is 7. The van der Waals surface area contributed by atoms with Crippen molar-refractivity contribution in [3.05, 3.63) is 46.4 Å². The molecule has 3 aromatic rings. The molecule has 0 aliphatic carbocycles. The molecule has 0 spiro atoms. The smallest absolute Gasteiger partial charge is 0.419 e. The van der Waals surface area contributed by atoms with Gasteiger partial charge in [0.25, 0.3) is 10.0 Å². The highest BCUT2D eigenvalue weighted by molar-refractivity contribution is 7.92. The molecule has 0 amide bonds. The molecule has 0 bridgehead atoms. The normalized spacial score (nSPS) is 11.4. The number of ketones is 1. The van der Waals surface area contributed by atoms with E-state index in [4.69, 9.17) is 13.9 Å². The first-order valence-electron chi connectivity index (χ1n) is 8.65. The molecule has 1 aromatic heterocycles. The SMILES string of the molecule is CCn1c(=O)oc2cc(S(=O)(=O)Nc3cc(OC)c(OC)cc3C(C)=O)ccc21. The summed E-state index contributed by atoms with van der Waals surface area (Å²) in [7, 11) is -1.27. The second kappa shape index (κ2) is 7.63. The van der Waals surface area contributed by atoms with Crippen molar-refractivity contribution >= 4 is 32.6 Å². The molecule has 1 N–H and O–H groups in total. The summed E-state index contributed by atoms with van der Waals surface area (Å²) in [5.41, 5.74) is 0.810. The first-order valence-corrected chi connectivity index (χ1v) is 10.1. The first kappa shape index (κ1) is 20.5. The van der Waals surface area contributed by atoms with Crippen molar-refractivity contribution in [3.63, 3.8) is 0 Å². The molecule has 0 atom stereocenters. The van der Waals surface area contributed by atoms with E-state index in [0.717, 1.165) is 0 Å². The highest BCUT2D eigenvalue weighted by Gasteiger charge is 2.22.